The molecule has 2 aliphatic rings. The third kappa shape index (κ3) is 4.77. The highest BCUT2D eigenvalue weighted by atomic mass is 16.5. The van der Waals surface area contributed by atoms with Gasteiger partial charge in [-0.15, -0.1) is 0 Å². The standard InChI is InChI=1S/C24H31N3O4/c1-2-30-21-11-4-3-9-18(21)24(29)27-15-7-10-19(27)23(28)25-17-20(22-12-8-16-31-22)26-13-5-6-14-26/h3-4,8-9,11-12,16,19-20H,2,5-7,10,13-15,17H2,1H3,(H,25,28). The van der Waals surface area contributed by atoms with Gasteiger partial charge >= 0.3 is 0 Å². The van der Waals surface area contributed by atoms with Crippen molar-refractivity contribution in [3.8, 4) is 5.75 Å². The summed E-state index contributed by atoms with van der Waals surface area (Å²) in [5.41, 5.74) is 0.509. The van der Waals surface area contributed by atoms with E-state index in [0.717, 1.165) is 38.1 Å². The molecule has 1 N–H and O–H groups in total. The third-order valence-corrected chi connectivity index (χ3v) is 6.16. The van der Waals surface area contributed by atoms with E-state index in [1.807, 2.05) is 31.2 Å². The van der Waals surface area contributed by atoms with Gasteiger partial charge in [-0.3, -0.25) is 14.5 Å². The molecule has 0 bridgehead atoms. The summed E-state index contributed by atoms with van der Waals surface area (Å²) in [7, 11) is 0. The molecule has 2 atom stereocenters. The second-order valence-corrected chi connectivity index (χ2v) is 8.11. The molecular formula is C24H31N3O4. The molecule has 166 valence electrons. The summed E-state index contributed by atoms with van der Waals surface area (Å²) in [6, 6.07) is 10.6. The zero-order valence-corrected chi connectivity index (χ0v) is 18.1. The number of nitrogens with zero attached hydrogens (tertiary/aromatic N) is 2. The molecule has 3 heterocycles. The van der Waals surface area contributed by atoms with Crippen molar-refractivity contribution in [3.05, 3.63) is 54.0 Å². The predicted octanol–water partition coefficient (Wildman–Crippen LogP) is 3.24. The number of carbonyl (C=O) groups excluding carboxylic acids is 2. The lowest BCUT2D eigenvalue weighted by molar-refractivity contribution is -0.125. The van der Waals surface area contributed by atoms with E-state index in [0.29, 0.717) is 37.4 Å². The van der Waals surface area contributed by atoms with Gasteiger partial charge in [0.2, 0.25) is 5.91 Å². The van der Waals surface area contributed by atoms with E-state index in [9.17, 15) is 9.59 Å². The Bertz CT molecular complexity index is 877. The minimum atomic E-state index is -0.460. The topological polar surface area (TPSA) is 75.0 Å². The van der Waals surface area contributed by atoms with Crippen LogP contribution in [0.5, 0.6) is 5.75 Å². The zero-order chi connectivity index (χ0) is 21.6. The van der Waals surface area contributed by atoms with Crippen LogP contribution in [0.3, 0.4) is 0 Å². The molecular weight excluding hydrogens is 394 g/mol. The van der Waals surface area contributed by atoms with Crippen molar-refractivity contribution >= 4 is 11.8 Å². The van der Waals surface area contributed by atoms with E-state index in [1.165, 1.54) is 0 Å². The molecule has 4 rings (SSSR count). The van der Waals surface area contributed by atoms with E-state index < -0.39 is 6.04 Å². The Hall–Kier alpha value is -2.80. The first kappa shape index (κ1) is 21.4. The summed E-state index contributed by atoms with van der Waals surface area (Å²) in [5.74, 6) is 1.18. The van der Waals surface area contributed by atoms with Crippen LogP contribution in [0.4, 0.5) is 0 Å². The monoisotopic (exact) mass is 425 g/mol. The first-order chi connectivity index (χ1) is 15.2. The number of para-hydroxylation sites is 1. The molecule has 2 aliphatic heterocycles. The van der Waals surface area contributed by atoms with Gasteiger partial charge in [-0.05, 0) is 70.0 Å². The number of rotatable bonds is 8. The van der Waals surface area contributed by atoms with Gasteiger partial charge in [-0.25, -0.2) is 0 Å². The zero-order valence-electron chi connectivity index (χ0n) is 18.1. The minimum Gasteiger partial charge on any atom is -0.493 e. The number of carbonyl (C=O) groups is 2. The second kappa shape index (κ2) is 10.0. The number of amides is 2. The fraction of sp³-hybridized carbons (Fsp3) is 0.500. The Morgan fingerprint density at radius 3 is 2.68 bits per heavy atom. The van der Waals surface area contributed by atoms with Crippen molar-refractivity contribution in [1.29, 1.82) is 0 Å². The van der Waals surface area contributed by atoms with Gasteiger partial charge in [0.1, 0.15) is 17.6 Å². The van der Waals surface area contributed by atoms with E-state index in [1.54, 1.807) is 23.3 Å². The first-order valence-corrected chi connectivity index (χ1v) is 11.3. The normalized spacial score (nSPS) is 20.0. The van der Waals surface area contributed by atoms with Crippen LogP contribution in [-0.2, 0) is 4.79 Å². The quantitative estimate of drug-likeness (QED) is 0.703. The molecule has 2 saturated heterocycles. The van der Waals surface area contributed by atoms with Crippen LogP contribution in [0, 0.1) is 0 Å². The molecule has 2 unspecified atom stereocenters. The van der Waals surface area contributed by atoms with Gasteiger partial charge in [0, 0.05) is 13.1 Å². The average molecular weight is 426 g/mol. The molecule has 1 aromatic heterocycles. The number of hydrogen-bond acceptors (Lipinski definition) is 5. The summed E-state index contributed by atoms with van der Waals surface area (Å²) in [6.45, 7) is 5.43. The van der Waals surface area contributed by atoms with E-state index in [4.69, 9.17) is 9.15 Å². The van der Waals surface area contributed by atoms with Crippen LogP contribution in [-0.4, -0.2) is 60.4 Å². The highest BCUT2D eigenvalue weighted by Crippen LogP contribution is 2.27. The average Bonchev–Trinajstić information content (AvgIpc) is 3.57. The molecule has 7 heteroatoms. The maximum Gasteiger partial charge on any atom is 0.258 e. The molecule has 2 amide bonds. The Balaban J connectivity index is 1.43. The van der Waals surface area contributed by atoms with Gasteiger partial charge in [0.05, 0.1) is 24.5 Å². The Kier molecular flexibility index (Phi) is 6.92. The number of ether oxygens (including phenoxy) is 1. The van der Waals surface area contributed by atoms with Crippen molar-refractivity contribution < 1.29 is 18.7 Å². The van der Waals surface area contributed by atoms with Crippen molar-refractivity contribution in [3.63, 3.8) is 0 Å². The van der Waals surface area contributed by atoms with Crippen molar-refractivity contribution in [2.24, 2.45) is 0 Å². The molecule has 2 aromatic rings. The van der Waals surface area contributed by atoms with Crippen LogP contribution in [0.25, 0.3) is 0 Å². The number of nitrogens with one attached hydrogen (secondary N) is 1. The largest absolute Gasteiger partial charge is 0.493 e. The fourth-order valence-electron chi connectivity index (χ4n) is 4.62. The molecule has 0 aliphatic carbocycles. The van der Waals surface area contributed by atoms with Crippen LogP contribution in [0.1, 0.15) is 54.8 Å². The van der Waals surface area contributed by atoms with E-state index in [2.05, 4.69) is 10.2 Å². The number of hydrogen-bond donors (Lipinski definition) is 1. The lowest BCUT2D eigenvalue weighted by Crippen LogP contribution is -2.48. The Morgan fingerprint density at radius 1 is 1.13 bits per heavy atom. The lowest BCUT2D eigenvalue weighted by Gasteiger charge is -2.28. The summed E-state index contributed by atoms with van der Waals surface area (Å²) in [6.07, 6.45) is 5.48. The first-order valence-electron chi connectivity index (χ1n) is 11.3. The minimum absolute atomic E-state index is 0.0192. The summed E-state index contributed by atoms with van der Waals surface area (Å²) in [4.78, 5) is 30.4. The predicted molar refractivity (Wildman–Crippen MR) is 117 cm³/mol. The van der Waals surface area contributed by atoms with Gasteiger partial charge in [0.25, 0.3) is 5.91 Å². The smallest absolute Gasteiger partial charge is 0.258 e. The molecule has 0 saturated carbocycles. The molecule has 1 aromatic carbocycles. The van der Waals surface area contributed by atoms with Gasteiger partial charge in [0.15, 0.2) is 0 Å². The summed E-state index contributed by atoms with van der Waals surface area (Å²) >= 11 is 0. The van der Waals surface area contributed by atoms with Crippen LogP contribution < -0.4 is 10.1 Å². The maximum absolute atomic E-state index is 13.2. The third-order valence-electron chi connectivity index (χ3n) is 6.16. The van der Waals surface area contributed by atoms with E-state index >= 15 is 0 Å². The maximum atomic E-state index is 13.2. The van der Waals surface area contributed by atoms with Crippen molar-refractivity contribution in [1.82, 2.24) is 15.1 Å². The molecule has 31 heavy (non-hydrogen) atoms. The van der Waals surface area contributed by atoms with Crippen LogP contribution >= 0.6 is 0 Å². The Morgan fingerprint density at radius 2 is 1.94 bits per heavy atom. The van der Waals surface area contributed by atoms with Crippen molar-refractivity contribution in [2.45, 2.75) is 44.7 Å². The molecule has 0 radical (unpaired) electrons. The van der Waals surface area contributed by atoms with Crippen LogP contribution in [0.2, 0.25) is 0 Å². The molecule has 0 spiro atoms. The van der Waals surface area contributed by atoms with Gasteiger partial charge < -0.3 is 19.4 Å². The SMILES string of the molecule is CCOc1ccccc1C(=O)N1CCCC1C(=O)NCC(c1ccco1)N1CCCC1. The number of likely N-dealkylation sites (tertiary alicyclic amines) is 2. The Labute approximate surface area is 183 Å². The highest BCUT2D eigenvalue weighted by molar-refractivity contribution is 6.00. The fourth-order valence-corrected chi connectivity index (χ4v) is 4.62. The van der Waals surface area contributed by atoms with Crippen LogP contribution in [0.15, 0.2) is 47.1 Å². The number of benzene rings is 1. The van der Waals surface area contributed by atoms with Gasteiger partial charge in [-0.1, -0.05) is 12.1 Å². The van der Waals surface area contributed by atoms with Gasteiger partial charge in [-0.2, -0.15) is 0 Å². The molecule has 2 fully saturated rings. The van der Waals surface area contributed by atoms with E-state index in [-0.39, 0.29) is 17.9 Å². The summed E-state index contributed by atoms with van der Waals surface area (Å²) < 4.78 is 11.3. The number of furan rings is 1. The second-order valence-electron chi connectivity index (χ2n) is 8.11. The molecule has 7 nitrogen and oxygen atoms in total. The highest BCUT2D eigenvalue weighted by Gasteiger charge is 2.36. The lowest BCUT2D eigenvalue weighted by atomic mass is 10.1. The summed E-state index contributed by atoms with van der Waals surface area (Å²) in [5, 5.41) is 3.10. The van der Waals surface area contributed by atoms with Crippen molar-refractivity contribution in [2.75, 3.05) is 32.8 Å².